The standard InChI is InChI=1S/C33H31ClFN5O/c34-27-9-11-28(12-10-27)40-32(25-13-16-38(17-14-25)21-24-7-5-23(19-36)6-8-24)30(20-37-40)33(41)39-18-15-26(22-39)29-3-1-2-4-31(29)35/h1-12,20,25-26H,13-18,21-22H2/t26-/m1/s1. The van der Waals surface area contributed by atoms with Gasteiger partial charge in [0.15, 0.2) is 0 Å². The summed E-state index contributed by atoms with van der Waals surface area (Å²) >= 11 is 6.17. The molecule has 6 nitrogen and oxygen atoms in total. The lowest BCUT2D eigenvalue weighted by molar-refractivity contribution is 0.0788. The zero-order valence-corrected chi connectivity index (χ0v) is 23.5. The van der Waals surface area contributed by atoms with Crippen LogP contribution in [-0.2, 0) is 6.54 Å². The van der Waals surface area contributed by atoms with Crippen molar-refractivity contribution < 1.29 is 9.18 Å². The fraction of sp³-hybridized carbons (Fsp3) is 0.303. The summed E-state index contributed by atoms with van der Waals surface area (Å²) in [5.74, 6) is -0.107. The number of amides is 1. The Kier molecular flexibility index (Phi) is 7.86. The Bertz CT molecular complexity index is 1570. The van der Waals surface area contributed by atoms with Gasteiger partial charge in [-0.2, -0.15) is 10.4 Å². The molecule has 2 aliphatic rings. The van der Waals surface area contributed by atoms with Crippen molar-refractivity contribution in [2.24, 2.45) is 0 Å². The van der Waals surface area contributed by atoms with E-state index in [-0.39, 0.29) is 23.6 Å². The molecular formula is C33H31ClFN5O. The molecule has 0 saturated carbocycles. The Morgan fingerprint density at radius 3 is 2.37 bits per heavy atom. The normalized spacial score (nSPS) is 18.0. The summed E-state index contributed by atoms with van der Waals surface area (Å²) in [6, 6.07) is 24.3. The van der Waals surface area contributed by atoms with Gasteiger partial charge in [-0.15, -0.1) is 0 Å². The lowest BCUT2D eigenvalue weighted by Gasteiger charge is -2.33. The van der Waals surface area contributed by atoms with E-state index in [1.165, 1.54) is 11.6 Å². The van der Waals surface area contributed by atoms with E-state index in [1.807, 2.05) is 70.2 Å². The summed E-state index contributed by atoms with van der Waals surface area (Å²) in [6.45, 7) is 3.69. The molecule has 0 N–H and O–H groups in total. The third-order valence-electron chi connectivity index (χ3n) is 8.39. The van der Waals surface area contributed by atoms with E-state index in [0.717, 1.165) is 50.3 Å². The number of hydrogen-bond donors (Lipinski definition) is 0. The maximum absolute atomic E-state index is 14.5. The van der Waals surface area contributed by atoms with Crippen LogP contribution in [0.4, 0.5) is 4.39 Å². The van der Waals surface area contributed by atoms with Gasteiger partial charge in [0.05, 0.1) is 34.8 Å². The number of hydrogen-bond acceptors (Lipinski definition) is 4. The smallest absolute Gasteiger partial charge is 0.257 e. The minimum atomic E-state index is -0.212. The molecular weight excluding hydrogens is 537 g/mol. The van der Waals surface area contributed by atoms with E-state index in [9.17, 15) is 9.18 Å². The quantitative estimate of drug-likeness (QED) is 0.265. The van der Waals surface area contributed by atoms with Crippen molar-refractivity contribution in [3.63, 3.8) is 0 Å². The lowest BCUT2D eigenvalue weighted by atomic mass is 9.90. The molecule has 1 amide bonds. The number of likely N-dealkylation sites (tertiary alicyclic amines) is 2. The third-order valence-corrected chi connectivity index (χ3v) is 8.64. The van der Waals surface area contributed by atoms with Gasteiger partial charge in [-0.25, -0.2) is 9.07 Å². The van der Waals surface area contributed by atoms with Crippen LogP contribution in [0.3, 0.4) is 0 Å². The molecule has 2 fully saturated rings. The van der Waals surface area contributed by atoms with Crippen LogP contribution in [0, 0.1) is 17.1 Å². The summed E-state index contributed by atoms with van der Waals surface area (Å²) in [4.78, 5) is 18.2. The summed E-state index contributed by atoms with van der Waals surface area (Å²) in [6.07, 6.45) is 4.23. The second-order valence-electron chi connectivity index (χ2n) is 10.9. The maximum Gasteiger partial charge on any atom is 0.257 e. The van der Waals surface area contributed by atoms with Crippen LogP contribution in [0.1, 0.15) is 63.8 Å². The Hall–Kier alpha value is -3.99. The van der Waals surface area contributed by atoms with E-state index in [0.29, 0.717) is 34.8 Å². The molecule has 4 aromatic rings. The minimum Gasteiger partial charge on any atom is -0.338 e. The van der Waals surface area contributed by atoms with Crippen molar-refractivity contribution in [3.05, 3.63) is 118 Å². The van der Waals surface area contributed by atoms with Crippen molar-refractivity contribution in [2.45, 2.75) is 37.6 Å². The van der Waals surface area contributed by atoms with Crippen LogP contribution in [-0.4, -0.2) is 51.7 Å². The first-order valence-corrected chi connectivity index (χ1v) is 14.5. The number of nitrogens with zero attached hydrogens (tertiary/aromatic N) is 5. The van der Waals surface area contributed by atoms with Gasteiger partial charge in [0.25, 0.3) is 5.91 Å². The van der Waals surface area contributed by atoms with Crippen LogP contribution in [0.2, 0.25) is 5.02 Å². The SMILES string of the molecule is N#Cc1ccc(CN2CCC(c3c(C(=O)N4CC[C@@H](c5ccccc5F)C4)cnn3-c3ccc(Cl)cc3)CC2)cc1. The minimum absolute atomic E-state index is 0.0135. The van der Waals surface area contributed by atoms with E-state index in [1.54, 1.807) is 12.3 Å². The van der Waals surface area contributed by atoms with E-state index in [4.69, 9.17) is 22.0 Å². The van der Waals surface area contributed by atoms with Gasteiger partial charge in [-0.3, -0.25) is 9.69 Å². The summed E-state index contributed by atoms with van der Waals surface area (Å²) in [7, 11) is 0. The van der Waals surface area contributed by atoms with Crippen molar-refractivity contribution >= 4 is 17.5 Å². The molecule has 1 atom stereocenters. The van der Waals surface area contributed by atoms with Gasteiger partial charge >= 0.3 is 0 Å². The molecule has 1 aromatic heterocycles. The Morgan fingerprint density at radius 2 is 1.66 bits per heavy atom. The van der Waals surface area contributed by atoms with Gasteiger partial charge in [-0.1, -0.05) is 41.9 Å². The van der Waals surface area contributed by atoms with Crippen LogP contribution >= 0.6 is 11.6 Å². The van der Waals surface area contributed by atoms with Crippen molar-refractivity contribution in [1.29, 1.82) is 5.26 Å². The number of carbonyl (C=O) groups is 1. The first-order chi connectivity index (χ1) is 20.0. The highest BCUT2D eigenvalue weighted by Crippen LogP contribution is 2.35. The first-order valence-electron chi connectivity index (χ1n) is 14.1. The topological polar surface area (TPSA) is 65.2 Å². The van der Waals surface area contributed by atoms with E-state index in [2.05, 4.69) is 11.0 Å². The highest BCUT2D eigenvalue weighted by atomic mass is 35.5. The molecule has 2 saturated heterocycles. The fourth-order valence-corrected chi connectivity index (χ4v) is 6.31. The zero-order valence-electron chi connectivity index (χ0n) is 22.7. The van der Waals surface area contributed by atoms with Crippen molar-refractivity contribution in [3.8, 4) is 11.8 Å². The maximum atomic E-state index is 14.5. The molecule has 41 heavy (non-hydrogen) atoms. The highest BCUT2D eigenvalue weighted by Gasteiger charge is 2.34. The molecule has 8 heteroatoms. The number of rotatable bonds is 6. The number of benzene rings is 3. The van der Waals surface area contributed by atoms with E-state index < -0.39 is 0 Å². The molecule has 0 radical (unpaired) electrons. The first kappa shape index (κ1) is 27.2. The van der Waals surface area contributed by atoms with Gasteiger partial charge in [0.1, 0.15) is 5.82 Å². The molecule has 0 spiro atoms. The number of nitriles is 1. The molecule has 3 heterocycles. The molecule has 208 valence electrons. The highest BCUT2D eigenvalue weighted by molar-refractivity contribution is 6.30. The average molecular weight is 568 g/mol. The molecule has 6 rings (SSSR count). The van der Waals surface area contributed by atoms with Crippen LogP contribution in [0.15, 0.2) is 79.0 Å². The molecule has 0 bridgehead atoms. The Balaban J connectivity index is 1.23. The number of halogens is 2. The molecule has 3 aromatic carbocycles. The molecule has 0 unspecified atom stereocenters. The van der Waals surface area contributed by atoms with Crippen LogP contribution in [0.25, 0.3) is 5.69 Å². The summed E-state index contributed by atoms with van der Waals surface area (Å²) in [5.41, 5.74) is 4.95. The number of aromatic nitrogens is 2. The average Bonchev–Trinajstić information content (AvgIpc) is 3.67. The monoisotopic (exact) mass is 567 g/mol. The van der Waals surface area contributed by atoms with Crippen LogP contribution in [0.5, 0.6) is 0 Å². The molecule has 2 aliphatic heterocycles. The van der Waals surface area contributed by atoms with Gasteiger partial charge in [-0.05, 0) is 85.9 Å². The van der Waals surface area contributed by atoms with Crippen LogP contribution < -0.4 is 0 Å². The Labute approximate surface area is 244 Å². The predicted octanol–water partition coefficient (Wildman–Crippen LogP) is 6.55. The molecule has 0 aliphatic carbocycles. The second kappa shape index (κ2) is 11.9. The fourth-order valence-electron chi connectivity index (χ4n) is 6.19. The van der Waals surface area contributed by atoms with Gasteiger partial charge < -0.3 is 4.90 Å². The van der Waals surface area contributed by atoms with E-state index >= 15 is 0 Å². The van der Waals surface area contributed by atoms with Crippen molar-refractivity contribution in [2.75, 3.05) is 26.2 Å². The summed E-state index contributed by atoms with van der Waals surface area (Å²) in [5, 5.41) is 14.4. The lowest BCUT2D eigenvalue weighted by Crippen LogP contribution is -2.34. The predicted molar refractivity (Wildman–Crippen MR) is 157 cm³/mol. The summed E-state index contributed by atoms with van der Waals surface area (Å²) < 4.78 is 16.4. The third kappa shape index (κ3) is 5.76. The largest absolute Gasteiger partial charge is 0.338 e. The second-order valence-corrected chi connectivity index (χ2v) is 11.4. The number of piperidine rings is 1. The van der Waals surface area contributed by atoms with Gasteiger partial charge in [0.2, 0.25) is 0 Å². The zero-order chi connectivity index (χ0) is 28.3. The Morgan fingerprint density at radius 1 is 0.951 bits per heavy atom. The van der Waals surface area contributed by atoms with Crippen molar-refractivity contribution in [1.82, 2.24) is 19.6 Å². The van der Waals surface area contributed by atoms with Gasteiger partial charge in [0, 0.05) is 36.5 Å². The number of carbonyl (C=O) groups excluding carboxylic acids is 1.